The summed E-state index contributed by atoms with van der Waals surface area (Å²) in [5, 5.41) is 12.2. The highest BCUT2D eigenvalue weighted by Crippen LogP contribution is 2.16. The van der Waals surface area contributed by atoms with Gasteiger partial charge in [0, 0.05) is 11.6 Å². The van der Waals surface area contributed by atoms with Crippen LogP contribution in [0.2, 0.25) is 0 Å². The number of hydrogen-bond donors (Lipinski definition) is 2. The number of aliphatic hydroxyl groups excluding tert-OH is 1. The van der Waals surface area contributed by atoms with Gasteiger partial charge in [0.1, 0.15) is 5.76 Å². The van der Waals surface area contributed by atoms with Crippen LogP contribution < -0.4 is 5.32 Å². The lowest BCUT2D eigenvalue weighted by Crippen LogP contribution is -2.22. The Bertz CT molecular complexity index is 796. The van der Waals surface area contributed by atoms with Crippen LogP contribution in [0.5, 0.6) is 0 Å². The SMILES string of the molecule is COC(=O)c1ccccc1NC(=O)C(=O)C=C(O)c1ccccc1. The first-order chi connectivity index (χ1) is 11.5. The Morgan fingerprint density at radius 3 is 2.29 bits per heavy atom. The van der Waals surface area contributed by atoms with Crippen molar-refractivity contribution < 1.29 is 24.2 Å². The number of anilines is 1. The number of aliphatic hydroxyl groups is 1. The topological polar surface area (TPSA) is 92.7 Å². The third kappa shape index (κ3) is 4.07. The van der Waals surface area contributed by atoms with Crippen LogP contribution in [0.25, 0.3) is 5.76 Å². The van der Waals surface area contributed by atoms with E-state index in [-0.39, 0.29) is 17.0 Å². The van der Waals surface area contributed by atoms with Gasteiger partial charge in [-0.2, -0.15) is 0 Å². The normalized spacial score (nSPS) is 10.8. The number of carbonyl (C=O) groups is 3. The van der Waals surface area contributed by atoms with Crippen LogP contribution in [0.3, 0.4) is 0 Å². The highest BCUT2D eigenvalue weighted by molar-refractivity contribution is 6.45. The zero-order chi connectivity index (χ0) is 17.5. The third-order valence-corrected chi connectivity index (χ3v) is 3.14. The Kier molecular flexibility index (Phi) is 5.46. The Balaban J connectivity index is 2.16. The highest BCUT2D eigenvalue weighted by atomic mass is 16.5. The maximum Gasteiger partial charge on any atom is 0.339 e. The van der Waals surface area contributed by atoms with Gasteiger partial charge in [0.25, 0.3) is 5.91 Å². The summed E-state index contributed by atoms with van der Waals surface area (Å²) < 4.78 is 4.61. The first-order valence-corrected chi connectivity index (χ1v) is 7.01. The molecule has 6 heteroatoms. The second-order valence-corrected chi connectivity index (χ2v) is 4.75. The van der Waals surface area contributed by atoms with Crippen molar-refractivity contribution in [2.45, 2.75) is 0 Å². The lowest BCUT2D eigenvalue weighted by molar-refractivity contribution is -0.131. The van der Waals surface area contributed by atoms with Gasteiger partial charge in [-0.1, -0.05) is 42.5 Å². The summed E-state index contributed by atoms with van der Waals surface area (Å²) in [4.78, 5) is 35.5. The van der Waals surface area contributed by atoms with E-state index in [4.69, 9.17) is 0 Å². The van der Waals surface area contributed by atoms with Gasteiger partial charge in [-0.3, -0.25) is 9.59 Å². The maximum atomic E-state index is 12.0. The van der Waals surface area contributed by atoms with Gasteiger partial charge in [0.2, 0.25) is 5.78 Å². The molecule has 24 heavy (non-hydrogen) atoms. The summed E-state index contributed by atoms with van der Waals surface area (Å²) >= 11 is 0. The molecule has 0 bridgehead atoms. The van der Waals surface area contributed by atoms with E-state index in [9.17, 15) is 19.5 Å². The first-order valence-electron chi connectivity index (χ1n) is 7.01. The predicted molar refractivity (Wildman–Crippen MR) is 88.5 cm³/mol. The van der Waals surface area contributed by atoms with Crippen LogP contribution in [0.1, 0.15) is 15.9 Å². The number of rotatable bonds is 5. The zero-order valence-corrected chi connectivity index (χ0v) is 12.9. The Labute approximate surface area is 138 Å². The number of ketones is 1. The second-order valence-electron chi connectivity index (χ2n) is 4.75. The van der Waals surface area contributed by atoms with Crippen molar-refractivity contribution >= 4 is 29.1 Å². The minimum absolute atomic E-state index is 0.123. The smallest absolute Gasteiger partial charge is 0.339 e. The highest BCUT2D eigenvalue weighted by Gasteiger charge is 2.17. The minimum Gasteiger partial charge on any atom is -0.507 e. The van der Waals surface area contributed by atoms with Crippen LogP contribution >= 0.6 is 0 Å². The standard InChI is InChI=1S/C18H15NO5/c1-24-18(23)13-9-5-6-10-14(13)19-17(22)16(21)11-15(20)12-7-3-2-4-8-12/h2-11,20H,1H3,(H,19,22). The molecule has 122 valence electrons. The second kappa shape index (κ2) is 7.73. The van der Waals surface area contributed by atoms with Crippen molar-refractivity contribution in [3.63, 3.8) is 0 Å². The number of ether oxygens (including phenoxy) is 1. The van der Waals surface area contributed by atoms with Gasteiger partial charge in [-0.15, -0.1) is 0 Å². The first kappa shape index (κ1) is 17.0. The molecule has 1 amide bonds. The molecule has 2 N–H and O–H groups in total. The lowest BCUT2D eigenvalue weighted by atomic mass is 10.1. The molecule has 0 aliphatic heterocycles. The summed E-state index contributed by atoms with van der Waals surface area (Å²) in [6, 6.07) is 14.5. The van der Waals surface area contributed by atoms with Crippen LogP contribution in [0, 0.1) is 0 Å². The van der Waals surface area contributed by atoms with Crippen LogP contribution in [-0.2, 0) is 14.3 Å². The minimum atomic E-state index is -0.978. The summed E-state index contributed by atoms with van der Waals surface area (Å²) in [5.74, 6) is -2.89. The molecule has 0 unspecified atom stereocenters. The summed E-state index contributed by atoms with van der Waals surface area (Å²) in [5.41, 5.74) is 0.682. The summed E-state index contributed by atoms with van der Waals surface area (Å²) in [6.45, 7) is 0. The van der Waals surface area contributed by atoms with Crippen LogP contribution in [-0.4, -0.2) is 29.9 Å². The molecule has 0 fully saturated rings. The number of benzene rings is 2. The van der Waals surface area contributed by atoms with Crippen LogP contribution in [0.4, 0.5) is 5.69 Å². The summed E-state index contributed by atoms with van der Waals surface area (Å²) in [7, 11) is 1.22. The maximum absolute atomic E-state index is 12.0. The quantitative estimate of drug-likeness (QED) is 0.381. The van der Waals surface area contributed by atoms with Crippen molar-refractivity contribution in [1.82, 2.24) is 0 Å². The van der Waals surface area contributed by atoms with E-state index in [2.05, 4.69) is 10.1 Å². The number of hydrogen-bond acceptors (Lipinski definition) is 5. The number of carbonyl (C=O) groups excluding carboxylic acids is 3. The average molecular weight is 325 g/mol. The number of amides is 1. The molecule has 0 heterocycles. The van der Waals surface area contributed by atoms with E-state index in [1.54, 1.807) is 42.5 Å². The number of para-hydroxylation sites is 1. The Morgan fingerprint density at radius 1 is 1.00 bits per heavy atom. The van der Waals surface area contributed by atoms with Crippen molar-refractivity contribution in [3.8, 4) is 0 Å². The van der Waals surface area contributed by atoms with E-state index >= 15 is 0 Å². The van der Waals surface area contributed by atoms with E-state index in [0.29, 0.717) is 5.56 Å². The molecule has 0 saturated carbocycles. The van der Waals surface area contributed by atoms with Gasteiger partial charge < -0.3 is 15.2 Å². The van der Waals surface area contributed by atoms with Crippen molar-refractivity contribution in [2.24, 2.45) is 0 Å². The molecule has 0 aliphatic carbocycles. The fraction of sp³-hybridized carbons (Fsp3) is 0.0556. The zero-order valence-electron chi connectivity index (χ0n) is 12.9. The number of methoxy groups -OCH3 is 1. The van der Waals surface area contributed by atoms with Gasteiger partial charge in [0.05, 0.1) is 18.4 Å². The Hall–Kier alpha value is -3.41. The van der Waals surface area contributed by atoms with E-state index < -0.39 is 17.7 Å². The third-order valence-electron chi connectivity index (χ3n) is 3.14. The molecular formula is C18H15NO5. The Morgan fingerprint density at radius 2 is 1.62 bits per heavy atom. The molecule has 2 rings (SSSR count). The molecule has 0 spiro atoms. The average Bonchev–Trinajstić information content (AvgIpc) is 2.62. The van der Waals surface area contributed by atoms with E-state index in [0.717, 1.165) is 6.08 Å². The molecule has 6 nitrogen and oxygen atoms in total. The van der Waals surface area contributed by atoms with Crippen molar-refractivity contribution in [1.29, 1.82) is 0 Å². The van der Waals surface area contributed by atoms with Gasteiger partial charge in [0.15, 0.2) is 0 Å². The van der Waals surface area contributed by atoms with Gasteiger partial charge in [-0.25, -0.2) is 4.79 Å². The molecule has 0 aromatic heterocycles. The molecular weight excluding hydrogens is 310 g/mol. The van der Waals surface area contributed by atoms with E-state index in [1.165, 1.54) is 19.2 Å². The molecule has 0 radical (unpaired) electrons. The van der Waals surface area contributed by atoms with Gasteiger partial charge in [-0.05, 0) is 12.1 Å². The predicted octanol–water partition coefficient (Wildman–Crippen LogP) is 2.58. The molecule has 2 aromatic carbocycles. The largest absolute Gasteiger partial charge is 0.507 e. The number of nitrogens with one attached hydrogen (secondary N) is 1. The molecule has 2 aromatic rings. The molecule has 0 saturated heterocycles. The lowest BCUT2D eigenvalue weighted by Gasteiger charge is -2.08. The van der Waals surface area contributed by atoms with Crippen LogP contribution in [0.15, 0.2) is 60.7 Å². The fourth-order valence-electron chi connectivity index (χ4n) is 1.95. The molecule has 0 aliphatic rings. The van der Waals surface area contributed by atoms with Gasteiger partial charge >= 0.3 is 5.97 Å². The van der Waals surface area contributed by atoms with Crippen molar-refractivity contribution in [2.75, 3.05) is 12.4 Å². The summed E-state index contributed by atoms with van der Waals surface area (Å²) in [6.07, 6.45) is 0.825. The monoisotopic (exact) mass is 325 g/mol. The van der Waals surface area contributed by atoms with E-state index in [1.807, 2.05) is 0 Å². The fourth-order valence-corrected chi connectivity index (χ4v) is 1.95. The van der Waals surface area contributed by atoms with Crippen molar-refractivity contribution in [3.05, 3.63) is 71.8 Å². The molecule has 0 atom stereocenters. The number of esters is 1.